The van der Waals surface area contributed by atoms with Gasteiger partial charge in [-0.1, -0.05) is 0 Å². The summed E-state index contributed by atoms with van der Waals surface area (Å²) in [5.74, 6) is -0.0758. The molecule has 0 spiro atoms. The first-order valence-corrected chi connectivity index (χ1v) is 5.07. The summed E-state index contributed by atoms with van der Waals surface area (Å²) in [5.41, 5.74) is 2.64. The smallest absolute Gasteiger partial charge is 0.268 e. The standard InChI is InChI=1S/C11H14N4O/c1-8-9(7-13-14-8)6-12-11(16)10-4-3-5-15(10)2/h3-5,7H,6H2,1-2H3,(H,12,16)(H,13,14). The highest BCUT2D eigenvalue weighted by Crippen LogP contribution is 2.03. The van der Waals surface area contributed by atoms with Gasteiger partial charge in [-0.05, 0) is 19.1 Å². The summed E-state index contributed by atoms with van der Waals surface area (Å²) in [6.07, 6.45) is 3.57. The molecule has 5 nitrogen and oxygen atoms in total. The van der Waals surface area contributed by atoms with E-state index < -0.39 is 0 Å². The number of carbonyl (C=O) groups is 1. The van der Waals surface area contributed by atoms with Crippen molar-refractivity contribution in [3.63, 3.8) is 0 Å². The van der Waals surface area contributed by atoms with Crippen LogP contribution in [0.4, 0.5) is 0 Å². The van der Waals surface area contributed by atoms with E-state index in [1.807, 2.05) is 26.2 Å². The predicted molar refractivity (Wildman–Crippen MR) is 59.9 cm³/mol. The Hall–Kier alpha value is -2.04. The molecule has 0 aromatic carbocycles. The van der Waals surface area contributed by atoms with Crippen molar-refractivity contribution in [2.75, 3.05) is 0 Å². The number of nitrogens with one attached hydrogen (secondary N) is 2. The minimum Gasteiger partial charge on any atom is -0.347 e. The van der Waals surface area contributed by atoms with E-state index in [2.05, 4.69) is 15.5 Å². The molecule has 2 N–H and O–H groups in total. The monoisotopic (exact) mass is 218 g/mol. The highest BCUT2D eigenvalue weighted by molar-refractivity contribution is 5.92. The number of hydrogen-bond donors (Lipinski definition) is 2. The third-order valence-electron chi connectivity index (χ3n) is 2.55. The molecule has 0 aliphatic rings. The first kappa shape index (κ1) is 10.5. The SMILES string of the molecule is Cc1[nH]ncc1CNC(=O)c1cccn1C. The van der Waals surface area contributed by atoms with Crippen LogP contribution in [-0.4, -0.2) is 20.7 Å². The highest BCUT2D eigenvalue weighted by atomic mass is 16.1. The second kappa shape index (κ2) is 4.22. The van der Waals surface area contributed by atoms with Crippen LogP contribution in [0.3, 0.4) is 0 Å². The van der Waals surface area contributed by atoms with Gasteiger partial charge in [-0.25, -0.2) is 0 Å². The number of aromatic amines is 1. The number of hydrogen-bond acceptors (Lipinski definition) is 2. The lowest BCUT2D eigenvalue weighted by atomic mass is 10.2. The molecule has 0 aliphatic heterocycles. The molecular weight excluding hydrogens is 204 g/mol. The van der Waals surface area contributed by atoms with Crippen molar-refractivity contribution in [1.82, 2.24) is 20.1 Å². The van der Waals surface area contributed by atoms with Crippen LogP contribution < -0.4 is 5.32 Å². The molecule has 0 aliphatic carbocycles. The van der Waals surface area contributed by atoms with Gasteiger partial charge in [-0.2, -0.15) is 5.10 Å². The van der Waals surface area contributed by atoms with E-state index in [-0.39, 0.29) is 5.91 Å². The summed E-state index contributed by atoms with van der Waals surface area (Å²) in [6.45, 7) is 2.42. The number of amides is 1. The average Bonchev–Trinajstić information content (AvgIpc) is 2.84. The van der Waals surface area contributed by atoms with Crippen LogP contribution in [0, 0.1) is 6.92 Å². The van der Waals surface area contributed by atoms with Crippen molar-refractivity contribution in [2.24, 2.45) is 7.05 Å². The molecule has 16 heavy (non-hydrogen) atoms. The number of rotatable bonds is 3. The van der Waals surface area contributed by atoms with E-state index in [4.69, 9.17) is 0 Å². The molecule has 84 valence electrons. The molecule has 1 amide bonds. The van der Waals surface area contributed by atoms with Gasteiger partial charge in [0, 0.05) is 31.0 Å². The maximum atomic E-state index is 11.8. The molecule has 2 heterocycles. The Morgan fingerprint density at radius 3 is 3.00 bits per heavy atom. The fourth-order valence-electron chi connectivity index (χ4n) is 1.52. The lowest BCUT2D eigenvalue weighted by Crippen LogP contribution is -2.24. The van der Waals surface area contributed by atoms with Gasteiger partial charge >= 0.3 is 0 Å². The quantitative estimate of drug-likeness (QED) is 0.806. The summed E-state index contributed by atoms with van der Waals surface area (Å²) < 4.78 is 1.79. The third kappa shape index (κ3) is 1.98. The molecule has 0 saturated carbocycles. The van der Waals surface area contributed by atoms with Gasteiger partial charge in [0.1, 0.15) is 5.69 Å². The molecule has 0 fully saturated rings. The normalized spacial score (nSPS) is 10.4. The molecule has 2 rings (SSSR count). The van der Waals surface area contributed by atoms with Crippen molar-refractivity contribution in [1.29, 1.82) is 0 Å². The zero-order valence-corrected chi connectivity index (χ0v) is 9.32. The second-order valence-corrected chi connectivity index (χ2v) is 3.71. The van der Waals surface area contributed by atoms with Crippen LogP contribution in [0.2, 0.25) is 0 Å². The van der Waals surface area contributed by atoms with Crippen molar-refractivity contribution in [2.45, 2.75) is 13.5 Å². The predicted octanol–water partition coefficient (Wildman–Crippen LogP) is 0.987. The van der Waals surface area contributed by atoms with E-state index in [9.17, 15) is 4.79 Å². The minimum atomic E-state index is -0.0758. The van der Waals surface area contributed by atoms with E-state index in [0.717, 1.165) is 11.3 Å². The van der Waals surface area contributed by atoms with Gasteiger partial charge in [0.25, 0.3) is 5.91 Å². The van der Waals surface area contributed by atoms with Gasteiger partial charge in [0.05, 0.1) is 6.20 Å². The molecule has 0 radical (unpaired) electrons. The average molecular weight is 218 g/mol. The molecular formula is C11H14N4O. The van der Waals surface area contributed by atoms with Crippen molar-refractivity contribution in [3.8, 4) is 0 Å². The van der Waals surface area contributed by atoms with Gasteiger partial charge in [-0.3, -0.25) is 9.89 Å². The topological polar surface area (TPSA) is 62.7 Å². The molecule has 5 heteroatoms. The summed E-state index contributed by atoms with van der Waals surface area (Å²) >= 11 is 0. The minimum absolute atomic E-state index is 0.0758. The zero-order chi connectivity index (χ0) is 11.5. The number of nitrogens with zero attached hydrogens (tertiary/aromatic N) is 2. The Balaban J connectivity index is 1.99. The molecule has 2 aromatic rings. The zero-order valence-electron chi connectivity index (χ0n) is 9.32. The van der Waals surface area contributed by atoms with Crippen molar-refractivity contribution < 1.29 is 4.79 Å². The third-order valence-corrected chi connectivity index (χ3v) is 2.55. The van der Waals surface area contributed by atoms with Crippen LogP contribution in [-0.2, 0) is 13.6 Å². The highest BCUT2D eigenvalue weighted by Gasteiger charge is 2.09. The Morgan fingerprint density at radius 1 is 1.62 bits per heavy atom. The molecule has 2 aromatic heterocycles. The van der Waals surface area contributed by atoms with Gasteiger partial charge in [-0.15, -0.1) is 0 Å². The van der Waals surface area contributed by atoms with Crippen molar-refractivity contribution in [3.05, 3.63) is 41.5 Å². The van der Waals surface area contributed by atoms with Crippen molar-refractivity contribution >= 4 is 5.91 Å². The summed E-state index contributed by atoms with van der Waals surface area (Å²) in [4.78, 5) is 11.8. The van der Waals surface area contributed by atoms with Gasteiger partial charge in [0.2, 0.25) is 0 Å². The fraction of sp³-hybridized carbons (Fsp3) is 0.273. The Kier molecular flexibility index (Phi) is 2.76. The number of aryl methyl sites for hydroxylation is 2. The summed E-state index contributed by atoms with van der Waals surface area (Å²) in [7, 11) is 1.85. The van der Waals surface area contributed by atoms with Crippen LogP contribution in [0.15, 0.2) is 24.5 Å². The molecule has 0 bridgehead atoms. The molecule has 0 saturated heterocycles. The van der Waals surface area contributed by atoms with Crippen LogP contribution >= 0.6 is 0 Å². The Bertz CT molecular complexity index is 498. The lowest BCUT2D eigenvalue weighted by molar-refractivity contribution is 0.0943. The number of aromatic nitrogens is 3. The number of carbonyl (C=O) groups excluding carboxylic acids is 1. The first-order chi connectivity index (χ1) is 7.68. The van der Waals surface area contributed by atoms with Crippen LogP contribution in [0.25, 0.3) is 0 Å². The largest absolute Gasteiger partial charge is 0.347 e. The summed E-state index contributed by atoms with van der Waals surface area (Å²) in [6, 6.07) is 3.63. The maximum absolute atomic E-state index is 11.8. The summed E-state index contributed by atoms with van der Waals surface area (Å²) in [5, 5.41) is 9.58. The first-order valence-electron chi connectivity index (χ1n) is 5.07. The Labute approximate surface area is 93.5 Å². The van der Waals surface area contributed by atoms with Crippen LogP contribution in [0.5, 0.6) is 0 Å². The molecule has 0 unspecified atom stereocenters. The fourth-order valence-corrected chi connectivity index (χ4v) is 1.52. The molecule has 0 atom stereocenters. The Morgan fingerprint density at radius 2 is 2.44 bits per heavy atom. The van der Waals surface area contributed by atoms with Gasteiger partial charge in [0.15, 0.2) is 0 Å². The number of H-pyrrole nitrogens is 1. The maximum Gasteiger partial charge on any atom is 0.268 e. The van der Waals surface area contributed by atoms with Crippen LogP contribution in [0.1, 0.15) is 21.7 Å². The second-order valence-electron chi connectivity index (χ2n) is 3.71. The van der Waals surface area contributed by atoms with Gasteiger partial charge < -0.3 is 9.88 Å². The van der Waals surface area contributed by atoms with E-state index in [0.29, 0.717) is 12.2 Å². The lowest BCUT2D eigenvalue weighted by Gasteiger charge is -2.05. The van der Waals surface area contributed by atoms with E-state index in [1.54, 1.807) is 16.8 Å². The van der Waals surface area contributed by atoms with E-state index in [1.165, 1.54) is 0 Å². The van der Waals surface area contributed by atoms with E-state index >= 15 is 0 Å².